The van der Waals surface area contributed by atoms with Crippen molar-refractivity contribution in [3.63, 3.8) is 0 Å². The molecule has 12 bridgehead atoms. The third kappa shape index (κ3) is 18.3. The van der Waals surface area contributed by atoms with E-state index in [1.807, 2.05) is 0 Å². The van der Waals surface area contributed by atoms with Gasteiger partial charge in [-0.05, 0) is 205 Å². The number of aliphatic carboxylic acids is 1. The number of hydrogen-bond donors (Lipinski definition) is 2. The van der Waals surface area contributed by atoms with Crippen LogP contribution in [0.15, 0.2) is 106 Å². The van der Waals surface area contributed by atoms with Crippen LogP contribution in [0.5, 0.6) is 0 Å². The Hall–Kier alpha value is -1.89. The van der Waals surface area contributed by atoms with Crippen LogP contribution >= 0.6 is 0 Å². The molecule has 12 aliphatic carbocycles. The van der Waals surface area contributed by atoms with Gasteiger partial charge in [0.2, 0.25) is 0 Å². The zero-order valence-corrected chi connectivity index (χ0v) is 52.8. The van der Waals surface area contributed by atoms with Gasteiger partial charge in [0, 0.05) is 0 Å². The quantitative estimate of drug-likeness (QED) is 0.101. The predicted molar refractivity (Wildman–Crippen MR) is 284 cm³/mol. The van der Waals surface area contributed by atoms with Gasteiger partial charge < -0.3 is 33.3 Å². The topological polar surface area (TPSA) is 282 Å². The van der Waals surface area contributed by atoms with Gasteiger partial charge in [0.15, 0.2) is 14.7 Å². The third-order valence-corrected chi connectivity index (χ3v) is 22.1. The Balaban J connectivity index is 0.000000163. The van der Waals surface area contributed by atoms with Crippen LogP contribution in [0.4, 0.5) is 0 Å². The second-order valence-electron chi connectivity index (χ2n) is 23.9. The molecule has 0 heterocycles. The average Bonchev–Trinajstić information content (AvgIpc) is 3.56. The van der Waals surface area contributed by atoms with Crippen molar-refractivity contribution in [3.8, 4) is 0 Å². The van der Waals surface area contributed by atoms with E-state index in [-0.39, 0.29) is 111 Å². The monoisotopic (exact) mass is 1190 g/mol. The molecule has 22 heteroatoms. The van der Waals surface area contributed by atoms with Gasteiger partial charge in [0.1, 0.15) is 13.2 Å². The van der Waals surface area contributed by atoms with Crippen molar-refractivity contribution in [2.45, 2.75) is 130 Å². The molecule has 0 spiro atoms. The SMILES string of the molecule is O=C(O)C12CC3CC(CC(C3)C1)C2.O=C(OCCS(=O)(=O)[O-])C12CC3CC(CC(C3)C1)C2.O=C(OCCS(=O)(=O)[O-])C12CC3CC(CC(C3)C1)C2.O=S(=O)([O-])CCO.[Na+].[Na+].c1ccc([S+](c2ccccc2)c2ccccc2)cc1. The molecule has 15 rings (SSSR count). The second kappa shape index (κ2) is 28.3. The molecule has 0 radical (unpaired) electrons. The maximum atomic E-state index is 12.3. The molecule has 0 amide bonds. The first kappa shape index (κ1) is 66.3. The van der Waals surface area contributed by atoms with Crippen molar-refractivity contribution in [1.82, 2.24) is 0 Å². The molecule has 12 aliphatic rings. The Morgan fingerprint density at radius 1 is 0.430 bits per heavy atom. The number of carboxylic acids is 1. The first-order chi connectivity index (χ1) is 36.4. The van der Waals surface area contributed by atoms with Gasteiger partial charge in [0.05, 0.1) is 81.4 Å². The number of carboxylic acid groups (broad SMARTS) is 1. The molecule has 2 N–H and O–H groups in total. The Bertz CT molecular complexity index is 2550. The summed E-state index contributed by atoms with van der Waals surface area (Å²) < 4.78 is 102. The van der Waals surface area contributed by atoms with Gasteiger partial charge in [-0.2, -0.15) is 0 Å². The minimum atomic E-state index is -4.30. The molecule has 0 aromatic heterocycles. The molecule has 0 aliphatic heterocycles. The Morgan fingerprint density at radius 2 is 0.658 bits per heavy atom. The van der Waals surface area contributed by atoms with E-state index >= 15 is 0 Å². The largest absolute Gasteiger partial charge is 1.00 e. The van der Waals surface area contributed by atoms with Crippen molar-refractivity contribution in [1.29, 1.82) is 0 Å². The third-order valence-electron chi connectivity index (χ3n) is 17.8. The van der Waals surface area contributed by atoms with Crippen LogP contribution in [0, 0.1) is 69.5 Å². The van der Waals surface area contributed by atoms with Crippen molar-refractivity contribution in [3.05, 3.63) is 91.0 Å². The number of aliphatic hydroxyl groups is 1. The van der Waals surface area contributed by atoms with Crippen LogP contribution in [-0.2, 0) is 65.1 Å². The molecular weight excluding hydrogens is 1110 g/mol. The first-order valence-corrected chi connectivity index (χ1v) is 33.3. The summed E-state index contributed by atoms with van der Waals surface area (Å²) in [6.07, 6.45) is 19.7. The molecule has 12 saturated carbocycles. The maximum absolute atomic E-state index is 12.3. The number of ether oxygens (including phenoxy) is 2. The molecule has 3 aromatic rings. The number of hydrogen-bond acceptors (Lipinski definition) is 15. The first-order valence-electron chi connectivity index (χ1n) is 27.3. The van der Waals surface area contributed by atoms with Gasteiger partial charge in [-0.3, -0.25) is 14.4 Å². The number of benzene rings is 3. The number of carbonyl (C=O) groups excluding carboxylic acids is 2. The zero-order chi connectivity index (χ0) is 55.2. The number of aliphatic hydroxyl groups excluding tert-OH is 1. The molecule has 12 fully saturated rings. The van der Waals surface area contributed by atoms with Crippen LogP contribution in [-0.4, -0.2) is 104 Å². The minimum absolute atomic E-state index is 0. The molecule has 0 unspecified atom stereocenters. The van der Waals surface area contributed by atoms with Gasteiger partial charge in [-0.15, -0.1) is 0 Å². The van der Waals surface area contributed by atoms with Gasteiger partial charge in [-0.25, -0.2) is 25.3 Å². The standard InChI is InChI=1S/C18H15S.2C13H20O5S.C11H16O2.C2H6O4S.2Na/c1-4-10-16(11-5-1)19(17-12-6-2-7-13-17)18-14-8-3-9-15-18;2*14-12(18-1-2-19(15,16)17)13-6-9-3-10(7-13)5-11(4-9)8-13;12-10(13)11-4-7-1-8(5-11)3-9(2-7)6-11;3-1-2-7(4,5)6;;/h1-15H;2*9-11H,1-8H2,(H,15,16,17);7-9H,1-6H2,(H,12,13);3H,1-2H2,(H,4,5,6);;/q+1;;;;;2*+1/p-3. The van der Waals surface area contributed by atoms with Crippen molar-refractivity contribution in [2.24, 2.45) is 69.5 Å². The van der Waals surface area contributed by atoms with Gasteiger partial charge in [-0.1, -0.05) is 54.6 Å². The summed E-state index contributed by atoms with van der Waals surface area (Å²) in [6, 6.07) is 32.2. The maximum Gasteiger partial charge on any atom is 1.00 e. The summed E-state index contributed by atoms with van der Waals surface area (Å²) >= 11 is 0. The van der Waals surface area contributed by atoms with E-state index < -0.39 is 60.2 Å². The van der Waals surface area contributed by atoms with E-state index in [1.165, 1.54) is 72.5 Å². The van der Waals surface area contributed by atoms with E-state index in [0.29, 0.717) is 35.5 Å². The summed E-state index contributed by atoms with van der Waals surface area (Å²) in [5.74, 6) is 3.13. The zero-order valence-electron chi connectivity index (χ0n) is 45.6. The van der Waals surface area contributed by atoms with Crippen LogP contribution in [0.25, 0.3) is 0 Å². The van der Waals surface area contributed by atoms with E-state index in [2.05, 4.69) is 91.0 Å². The van der Waals surface area contributed by atoms with E-state index in [0.717, 1.165) is 75.5 Å². The Kier molecular flexibility index (Phi) is 23.8. The van der Waals surface area contributed by atoms with Crippen LogP contribution in [0.1, 0.15) is 116 Å². The second-order valence-corrected chi connectivity index (χ2v) is 30.5. The molecular formula is C57H74Na2O16S4. The van der Waals surface area contributed by atoms with Crippen molar-refractivity contribution < 1.29 is 132 Å². The fraction of sp³-hybridized carbons (Fsp3) is 0.632. The van der Waals surface area contributed by atoms with Crippen LogP contribution in [0.2, 0.25) is 0 Å². The fourth-order valence-corrected chi connectivity index (χ4v) is 19.0. The van der Waals surface area contributed by atoms with E-state index in [4.69, 9.17) is 14.6 Å². The summed E-state index contributed by atoms with van der Waals surface area (Å²) in [4.78, 5) is 39.9. The number of carbonyl (C=O) groups is 3. The van der Waals surface area contributed by atoms with Crippen molar-refractivity contribution in [2.75, 3.05) is 37.1 Å². The number of rotatable bonds is 14. The Labute approximate surface area is 514 Å². The summed E-state index contributed by atoms with van der Waals surface area (Å²) in [6.45, 7) is -1.19. The molecule has 16 nitrogen and oxygen atoms in total. The predicted octanol–water partition coefficient (Wildman–Crippen LogP) is 2.18. The van der Waals surface area contributed by atoms with E-state index in [1.54, 1.807) is 0 Å². The molecule has 0 saturated heterocycles. The van der Waals surface area contributed by atoms with Crippen LogP contribution in [0.3, 0.4) is 0 Å². The summed E-state index contributed by atoms with van der Waals surface area (Å²) in [5.41, 5.74) is -1.03. The smallest absolute Gasteiger partial charge is 0.748 e. The normalized spacial score (nSPS) is 31.6. The number of esters is 2. The van der Waals surface area contributed by atoms with Crippen LogP contribution < -0.4 is 59.1 Å². The Morgan fingerprint density at radius 3 is 0.848 bits per heavy atom. The molecule has 3 aromatic carbocycles. The fourth-order valence-electron chi connectivity index (χ4n) is 16.1. The van der Waals surface area contributed by atoms with Crippen molar-refractivity contribution >= 4 is 59.2 Å². The average molecular weight is 1190 g/mol. The van der Waals surface area contributed by atoms with Gasteiger partial charge in [0.25, 0.3) is 0 Å². The minimum Gasteiger partial charge on any atom is -0.748 e. The van der Waals surface area contributed by atoms with E-state index in [9.17, 15) is 58.4 Å². The molecule has 79 heavy (non-hydrogen) atoms. The summed E-state index contributed by atoms with van der Waals surface area (Å²) in [5, 5.41) is 17.1. The summed E-state index contributed by atoms with van der Waals surface area (Å²) in [7, 11) is -12.8. The molecule has 424 valence electrons. The van der Waals surface area contributed by atoms with Gasteiger partial charge >= 0.3 is 77.0 Å². The molecule has 0 atom stereocenters.